The van der Waals surface area contributed by atoms with Gasteiger partial charge in [0.05, 0.1) is 10.3 Å². The van der Waals surface area contributed by atoms with E-state index in [0.29, 0.717) is 4.83 Å². The summed E-state index contributed by atoms with van der Waals surface area (Å²) < 4.78 is 0. The van der Waals surface area contributed by atoms with Gasteiger partial charge in [-0.05, 0) is 24.3 Å². The molecule has 3 rings (SSSR count). The first-order chi connectivity index (χ1) is 9.25. The second kappa shape index (κ2) is 5.06. The molecule has 1 fully saturated rings. The largest absolute Gasteiger partial charge is 0.355 e. The van der Waals surface area contributed by atoms with Crippen LogP contribution in [0, 0.1) is 10.1 Å². The van der Waals surface area contributed by atoms with Crippen molar-refractivity contribution in [3.05, 3.63) is 22.5 Å². The minimum Gasteiger partial charge on any atom is -0.355 e. The fraction of sp³-hybridized carbons (Fsp3) is 0.455. The minimum absolute atomic E-state index is 0.115. The van der Waals surface area contributed by atoms with Crippen LogP contribution in [0.3, 0.4) is 0 Å². The first-order valence-corrected chi connectivity index (χ1v) is 6.92. The quantitative estimate of drug-likeness (QED) is 0.660. The molecule has 7 nitrogen and oxygen atoms in total. The van der Waals surface area contributed by atoms with Crippen LogP contribution < -0.4 is 10.2 Å². The smallest absolute Gasteiger partial charge is 0.326 e. The molecule has 8 heteroatoms. The lowest BCUT2D eigenvalue weighted by Gasteiger charge is -2.21. The molecule has 2 aromatic heterocycles. The van der Waals surface area contributed by atoms with Crippen molar-refractivity contribution in [3.63, 3.8) is 0 Å². The van der Waals surface area contributed by atoms with Crippen molar-refractivity contribution in [3.8, 4) is 0 Å². The Balaban J connectivity index is 2.04. The van der Waals surface area contributed by atoms with Crippen LogP contribution in [0.2, 0.25) is 0 Å². The number of hydrogen-bond donors (Lipinski definition) is 1. The van der Waals surface area contributed by atoms with Crippen molar-refractivity contribution in [1.29, 1.82) is 0 Å². The highest BCUT2D eigenvalue weighted by Crippen LogP contribution is 2.34. The number of hydrogen-bond acceptors (Lipinski definition) is 7. The molecule has 0 aromatic carbocycles. The number of thiophene rings is 1. The Kier molecular flexibility index (Phi) is 3.26. The van der Waals surface area contributed by atoms with Crippen molar-refractivity contribution in [2.45, 2.75) is 6.42 Å². The highest BCUT2D eigenvalue weighted by molar-refractivity contribution is 7.21. The molecule has 1 N–H and O–H groups in total. The molecule has 0 spiro atoms. The van der Waals surface area contributed by atoms with Crippen LogP contribution in [0.4, 0.5) is 10.8 Å². The first-order valence-electron chi connectivity index (χ1n) is 6.10. The number of nitrogens with one attached hydrogen (secondary N) is 1. The first kappa shape index (κ1) is 12.2. The van der Waals surface area contributed by atoms with Gasteiger partial charge in [0.2, 0.25) is 0 Å². The van der Waals surface area contributed by atoms with Gasteiger partial charge in [0, 0.05) is 25.7 Å². The number of nitro groups is 1. The zero-order valence-electron chi connectivity index (χ0n) is 10.2. The van der Waals surface area contributed by atoms with E-state index in [1.807, 2.05) is 0 Å². The molecule has 0 saturated carbocycles. The van der Waals surface area contributed by atoms with Gasteiger partial charge in [0.1, 0.15) is 17.0 Å². The van der Waals surface area contributed by atoms with E-state index in [-0.39, 0.29) is 9.92 Å². The Morgan fingerprint density at radius 2 is 2.26 bits per heavy atom. The standard InChI is InChI=1S/C11H13N5O2S/c17-16(18)9-6-8-10(13-7-14-11(8)19-9)15-4-1-2-12-3-5-15/h6-7,12H,1-5H2. The van der Waals surface area contributed by atoms with Crippen LogP contribution in [0.25, 0.3) is 10.2 Å². The lowest BCUT2D eigenvalue weighted by molar-refractivity contribution is -0.380. The fourth-order valence-corrected chi connectivity index (χ4v) is 3.04. The van der Waals surface area contributed by atoms with Gasteiger partial charge in [-0.3, -0.25) is 10.1 Å². The van der Waals surface area contributed by atoms with Crippen molar-refractivity contribution < 1.29 is 4.92 Å². The summed E-state index contributed by atoms with van der Waals surface area (Å²) in [4.78, 5) is 21.8. The number of anilines is 1. The third-order valence-corrected chi connectivity index (χ3v) is 4.11. The van der Waals surface area contributed by atoms with Crippen molar-refractivity contribution in [2.75, 3.05) is 31.1 Å². The summed E-state index contributed by atoms with van der Waals surface area (Å²) in [6.45, 7) is 3.66. The predicted molar refractivity (Wildman–Crippen MR) is 73.8 cm³/mol. The molecule has 100 valence electrons. The van der Waals surface area contributed by atoms with Crippen LogP contribution in [0.1, 0.15) is 6.42 Å². The molecular weight excluding hydrogens is 266 g/mol. The van der Waals surface area contributed by atoms with Gasteiger partial charge >= 0.3 is 5.00 Å². The van der Waals surface area contributed by atoms with Crippen LogP contribution in [-0.2, 0) is 0 Å². The Morgan fingerprint density at radius 1 is 1.37 bits per heavy atom. The second-order valence-electron chi connectivity index (χ2n) is 4.35. The zero-order valence-corrected chi connectivity index (χ0v) is 11.0. The zero-order chi connectivity index (χ0) is 13.2. The van der Waals surface area contributed by atoms with Gasteiger partial charge in [0.15, 0.2) is 0 Å². The lowest BCUT2D eigenvalue weighted by Crippen LogP contribution is -2.28. The van der Waals surface area contributed by atoms with Crippen LogP contribution >= 0.6 is 11.3 Å². The summed E-state index contributed by atoms with van der Waals surface area (Å²) in [6, 6.07) is 1.58. The summed E-state index contributed by atoms with van der Waals surface area (Å²) in [6.07, 6.45) is 2.52. The highest BCUT2D eigenvalue weighted by Gasteiger charge is 2.19. The normalized spacial score (nSPS) is 16.5. The maximum absolute atomic E-state index is 10.9. The number of nitrogens with zero attached hydrogens (tertiary/aromatic N) is 4. The predicted octanol–water partition coefficient (Wildman–Crippen LogP) is 1.40. The summed E-state index contributed by atoms with van der Waals surface area (Å²) >= 11 is 1.10. The Morgan fingerprint density at radius 3 is 3.11 bits per heavy atom. The Bertz CT molecular complexity index is 606. The van der Waals surface area contributed by atoms with Crippen LogP contribution in [-0.4, -0.2) is 41.1 Å². The van der Waals surface area contributed by atoms with E-state index in [1.165, 1.54) is 6.33 Å². The van der Waals surface area contributed by atoms with Gasteiger partial charge in [-0.25, -0.2) is 9.97 Å². The van der Waals surface area contributed by atoms with E-state index in [1.54, 1.807) is 6.07 Å². The SMILES string of the molecule is O=[N+]([O-])c1cc2c(N3CCCNCC3)ncnc2s1. The molecule has 1 aliphatic rings. The molecule has 0 aliphatic carbocycles. The van der Waals surface area contributed by atoms with Crippen LogP contribution in [0.15, 0.2) is 12.4 Å². The molecule has 0 atom stereocenters. The number of aromatic nitrogens is 2. The molecule has 1 saturated heterocycles. The maximum atomic E-state index is 10.9. The third kappa shape index (κ3) is 2.36. The van der Waals surface area contributed by atoms with E-state index >= 15 is 0 Å². The summed E-state index contributed by atoms with van der Waals surface area (Å²) in [7, 11) is 0. The average Bonchev–Trinajstić information content (AvgIpc) is 2.67. The molecule has 0 unspecified atom stereocenters. The maximum Gasteiger partial charge on any atom is 0.326 e. The molecule has 1 aliphatic heterocycles. The topological polar surface area (TPSA) is 84.2 Å². The molecule has 0 radical (unpaired) electrons. The summed E-state index contributed by atoms with van der Waals surface area (Å²) in [5, 5.41) is 15.1. The lowest BCUT2D eigenvalue weighted by atomic mass is 10.3. The fourth-order valence-electron chi connectivity index (χ4n) is 2.23. The van der Waals surface area contributed by atoms with Crippen molar-refractivity contribution in [1.82, 2.24) is 15.3 Å². The van der Waals surface area contributed by atoms with Gasteiger partial charge in [0.25, 0.3) is 0 Å². The molecule has 2 aromatic rings. The van der Waals surface area contributed by atoms with Gasteiger partial charge in [-0.15, -0.1) is 0 Å². The summed E-state index contributed by atoms with van der Waals surface area (Å²) in [5.41, 5.74) is 0. The molecule has 0 amide bonds. The van der Waals surface area contributed by atoms with E-state index in [0.717, 1.165) is 55.1 Å². The number of rotatable bonds is 2. The van der Waals surface area contributed by atoms with Gasteiger partial charge in [-0.2, -0.15) is 0 Å². The number of fused-ring (bicyclic) bond motifs is 1. The van der Waals surface area contributed by atoms with E-state index < -0.39 is 0 Å². The molecule has 19 heavy (non-hydrogen) atoms. The van der Waals surface area contributed by atoms with Gasteiger partial charge < -0.3 is 10.2 Å². The van der Waals surface area contributed by atoms with Crippen molar-refractivity contribution >= 4 is 32.4 Å². The van der Waals surface area contributed by atoms with Crippen molar-refractivity contribution in [2.24, 2.45) is 0 Å². The molecular formula is C11H13N5O2S. The second-order valence-corrected chi connectivity index (χ2v) is 5.36. The monoisotopic (exact) mass is 279 g/mol. The van der Waals surface area contributed by atoms with E-state index in [2.05, 4.69) is 20.2 Å². The Hall–Kier alpha value is -1.80. The highest BCUT2D eigenvalue weighted by atomic mass is 32.1. The Labute approximate surface area is 113 Å². The summed E-state index contributed by atoms with van der Waals surface area (Å²) in [5.74, 6) is 0.804. The van der Waals surface area contributed by atoms with E-state index in [4.69, 9.17) is 0 Å². The average molecular weight is 279 g/mol. The van der Waals surface area contributed by atoms with Gasteiger partial charge in [-0.1, -0.05) is 0 Å². The third-order valence-electron chi connectivity index (χ3n) is 3.11. The molecule has 0 bridgehead atoms. The molecule has 3 heterocycles. The minimum atomic E-state index is -0.375. The van der Waals surface area contributed by atoms with E-state index in [9.17, 15) is 10.1 Å². The van der Waals surface area contributed by atoms with Crippen LogP contribution in [0.5, 0.6) is 0 Å².